The van der Waals surface area contributed by atoms with Crippen molar-refractivity contribution in [3.05, 3.63) is 30.1 Å². The molecular weight excluding hydrogens is 258 g/mol. The number of urea groups is 1. The number of nitrogens with zero attached hydrogens (tertiary/aromatic N) is 3. The van der Waals surface area contributed by atoms with Gasteiger partial charge < -0.3 is 14.9 Å². The summed E-state index contributed by atoms with van der Waals surface area (Å²) in [6.07, 6.45) is 7.43. The molecule has 0 aliphatic heterocycles. The van der Waals surface area contributed by atoms with Gasteiger partial charge in [0.15, 0.2) is 0 Å². The molecule has 0 spiro atoms. The SMILES string of the molecule is C#CCN(CC(=O)O)C(=O)N(C)CCc1ccccn1. The van der Waals surface area contributed by atoms with Crippen molar-refractivity contribution in [3.8, 4) is 12.3 Å². The number of terminal acetylenes is 1. The van der Waals surface area contributed by atoms with Crippen LogP contribution in [0.3, 0.4) is 0 Å². The van der Waals surface area contributed by atoms with E-state index in [2.05, 4.69) is 10.9 Å². The third-order valence-electron chi connectivity index (χ3n) is 2.63. The molecule has 20 heavy (non-hydrogen) atoms. The number of hydrogen-bond donors (Lipinski definition) is 1. The summed E-state index contributed by atoms with van der Waals surface area (Å²) in [5.74, 6) is 1.19. The van der Waals surface area contributed by atoms with E-state index in [0.29, 0.717) is 13.0 Å². The van der Waals surface area contributed by atoms with Gasteiger partial charge in [0, 0.05) is 31.9 Å². The molecule has 0 atom stereocenters. The summed E-state index contributed by atoms with van der Waals surface area (Å²) in [4.78, 5) is 29.5. The lowest BCUT2D eigenvalue weighted by atomic mass is 10.2. The molecule has 6 nitrogen and oxygen atoms in total. The zero-order valence-electron chi connectivity index (χ0n) is 11.3. The van der Waals surface area contributed by atoms with Crippen molar-refractivity contribution in [3.63, 3.8) is 0 Å². The second-order valence-corrected chi connectivity index (χ2v) is 4.23. The van der Waals surface area contributed by atoms with E-state index in [1.807, 2.05) is 18.2 Å². The molecule has 0 unspecified atom stereocenters. The second kappa shape index (κ2) is 7.79. The Labute approximate surface area is 118 Å². The lowest BCUT2D eigenvalue weighted by Crippen LogP contribution is -2.44. The number of aromatic nitrogens is 1. The van der Waals surface area contributed by atoms with E-state index in [1.54, 1.807) is 13.2 Å². The summed E-state index contributed by atoms with van der Waals surface area (Å²) in [7, 11) is 1.61. The third kappa shape index (κ3) is 4.98. The Morgan fingerprint density at radius 3 is 2.75 bits per heavy atom. The number of carboxylic acids is 1. The van der Waals surface area contributed by atoms with Gasteiger partial charge in [0.25, 0.3) is 0 Å². The lowest BCUT2D eigenvalue weighted by Gasteiger charge is -2.25. The molecule has 106 valence electrons. The van der Waals surface area contributed by atoms with Crippen LogP contribution in [0.15, 0.2) is 24.4 Å². The van der Waals surface area contributed by atoms with Crippen LogP contribution in [0.2, 0.25) is 0 Å². The molecule has 0 aromatic carbocycles. The molecule has 1 rings (SSSR count). The number of aliphatic carboxylic acids is 1. The van der Waals surface area contributed by atoms with E-state index in [1.165, 1.54) is 4.90 Å². The van der Waals surface area contributed by atoms with Crippen molar-refractivity contribution < 1.29 is 14.7 Å². The van der Waals surface area contributed by atoms with Gasteiger partial charge in [-0.15, -0.1) is 6.42 Å². The highest BCUT2D eigenvalue weighted by Gasteiger charge is 2.19. The Balaban J connectivity index is 2.56. The first kappa shape index (κ1) is 15.5. The molecule has 0 aliphatic rings. The van der Waals surface area contributed by atoms with Crippen LogP contribution in [-0.2, 0) is 11.2 Å². The quantitative estimate of drug-likeness (QED) is 0.775. The average molecular weight is 275 g/mol. The summed E-state index contributed by atoms with van der Waals surface area (Å²) in [6.45, 7) is 0.00651. The molecule has 0 saturated heterocycles. The summed E-state index contributed by atoms with van der Waals surface area (Å²) >= 11 is 0. The van der Waals surface area contributed by atoms with Gasteiger partial charge in [-0.1, -0.05) is 12.0 Å². The number of carboxylic acid groups (broad SMARTS) is 1. The van der Waals surface area contributed by atoms with Gasteiger partial charge in [-0.3, -0.25) is 9.78 Å². The molecular formula is C14H17N3O3. The molecule has 6 heteroatoms. The molecule has 1 heterocycles. The summed E-state index contributed by atoms with van der Waals surface area (Å²) in [5, 5.41) is 8.76. The van der Waals surface area contributed by atoms with Crippen molar-refractivity contribution in [1.29, 1.82) is 0 Å². The minimum absolute atomic E-state index is 0.0287. The maximum Gasteiger partial charge on any atom is 0.323 e. The number of pyridine rings is 1. The van der Waals surface area contributed by atoms with Crippen LogP contribution in [0.1, 0.15) is 5.69 Å². The number of rotatable bonds is 6. The Morgan fingerprint density at radius 2 is 2.20 bits per heavy atom. The Hall–Kier alpha value is -2.55. The van der Waals surface area contributed by atoms with Crippen LogP contribution in [0.25, 0.3) is 0 Å². The topological polar surface area (TPSA) is 73.7 Å². The fourth-order valence-corrected chi connectivity index (χ4v) is 1.63. The molecule has 1 aromatic heterocycles. The average Bonchev–Trinajstić information content (AvgIpc) is 2.44. The first-order chi connectivity index (χ1) is 9.54. The van der Waals surface area contributed by atoms with Gasteiger partial charge in [0.1, 0.15) is 6.54 Å². The zero-order valence-corrected chi connectivity index (χ0v) is 11.3. The molecule has 1 aromatic rings. The van der Waals surface area contributed by atoms with Crippen LogP contribution >= 0.6 is 0 Å². The van der Waals surface area contributed by atoms with E-state index < -0.39 is 18.5 Å². The first-order valence-electron chi connectivity index (χ1n) is 6.09. The van der Waals surface area contributed by atoms with Crippen molar-refractivity contribution in [2.75, 3.05) is 26.7 Å². The van der Waals surface area contributed by atoms with E-state index in [-0.39, 0.29) is 6.54 Å². The minimum Gasteiger partial charge on any atom is -0.480 e. The molecule has 1 N–H and O–H groups in total. The van der Waals surface area contributed by atoms with Crippen LogP contribution in [0.5, 0.6) is 0 Å². The molecule has 2 amide bonds. The number of carbonyl (C=O) groups is 2. The monoisotopic (exact) mass is 275 g/mol. The van der Waals surface area contributed by atoms with Crippen molar-refractivity contribution in [2.45, 2.75) is 6.42 Å². The van der Waals surface area contributed by atoms with Gasteiger partial charge in [-0.25, -0.2) is 4.79 Å². The van der Waals surface area contributed by atoms with E-state index >= 15 is 0 Å². The normalized spacial score (nSPS) is 9.60. The highest BCUT2D eigenvalue weighted by Crippen LogP contribution is 2.01. The molecule has 0 saturated carbocycles. The number of likely N-dealkylation sites (N-methyl/N-ethyl adjacent to an activating group) is 1. The van der Waals surface area contributed by atoms with Crippen LogP contribution in [-0.4, -0.2) is 58.6 Å². The van der Waals surface area contributed by atoms with Crippen LogP contribution < -0.4 is 0 Å². The van der Waals surface area contributed by atoms with Crippen LogP contribution in [0.4, 0.5) is 4.79 Å². The molecule has 0 bridgehead atoms. The highest BCUT2D eigenvalue weighted by molar-refractivity contribution is 5.80. The number of carbonyl (C=O) groups excluding carboxylic acids is 1. The fraction of sp³-hybridized carbons (Fsp3) is 0.357. The first-order valence-corrected chi connectivity index (χ1v) is 6.09. The van der Waals surface area contributed by atoms with Crippen molar-refractivity contribution in [2.24, 2.45) is 0 Å². The molecule has 0 fully saturated rings. The molecule has 0 aliphatic carbocycles. The van der Waals surface area contributed by atoms with Gasteiger partial charge >= 0.3 is 12.0 Å². The Kier molecular flexibility index (Phi) is 6.04. The predicted molar refractivity (Wildman–Crippen MR) is 74.0 cm³/mol. The zero-order chi connectivity index (χ0) is 15.0. The summed E-state index contributed by atoms with van der Waals surface area (Å²) in [6, 6.07) is 5.16. The third-order valence-corrected chi connectivity index (χ3v) is 2.63. The van der Waals surface area contributed by atoms with Gasteiger partial charge in [-0.2, -0.15) is 0 Å². The molecule has 0 radical (unpaired) electrons. The van der Waals surface area contributed by atoms with Crippen LogP contribution in [0, 0.1) is 12.3 Å². The van der Waals surface area contributed by atoms with Crippen molar-refractivity contribution >= 4 is 12.0 Å². The van der Waals surface area contributed by atoms with E-state index in [0.717, 1.165) is 10.6 Å². The van der Waals surface area contributed by atoms with E-state index in [9.17, 15) is 9.59 Å². The van der Waals surface area contributed by atoms with Gasteiger partial charge in [0.05, 0.1) is 6.54 Å². The lowest BCUT2D eigenvalue weighted by molar-refractivity contribution is -0.137. The Morgan fingerprint density at radius 1 is 1.45 bits per heavy atom. The largest absolute Gasteiger partial charge is 0.480 e. The summed E-state index contributed by atoms with van der Waals surface area (Å²) < 4.78 is 0. The van der Waals surface area contributed by atoms with Crippen molar-refractivity contribution in [1.82, 2.24) is 14.8 Å². The van der Waals surface area contributed by atoms with Gasteiger partial charge in [-0.05, 0) is 12.1 Å². The maximum atomic E-state index is 12.1. The van der Waals surface area contributed by atoms with E-state index in [4.69, 9.17) is 11.5 Å². The number of hydrogen-bond acceptors (Lipinski definition) is 3. The predicted octanol–water partition coefficient (Wildman–Crippen LogP) is 0.696. The highest BCUT2D eigenvalue weighted by atomic mass is 16.4. The number of amides is 2. The fourth-order valence-electron chi connectivity index (χ4n) is 1.63. The summed E-state index contributed by atoms with van der Waals surface area (Å²) in [5.41, 5.74) is 0.869. The standard InChI is InChI=1S/C14H17N3O3/c1-3-9-17(11-13(18)19)14(20)16(2)10-7-12-6-4-5-8-15-12/h1,4-6,8H,7,9-11H2,2H3,(H,18,19). The Bertz CT molecular complexity index is 496. The smallest absolute Gasteiger partial charge is 0.323 e. The van der Waals surface area contributed by atoms with Gasteiger partial charge in [0.2, 0.25) is 0 Å². The maximum absolute atomic E-state index is 12.1. The second-order valence-electron chi connectivity index (χ2n) is 4.23. The minimum atomic E-state index is -1.09.